The van der Waals surface area contributed by atoms with Crippen LogP contribution in [0.5, 0.6) is 0 Å². The maximum Gasteiger partial charge on any atom is 0.149 e. The molecule has 8 heteroatoms. The van der Waals surface area contributed by atoms with Gasteiger partial charge < -0.3 is 4.98 Å². The zero-order valence-corrected chi connectivity index (χ0v) is 11.6. The number of hydrogen-bond acceptors (Lipinski definition) is 5. The number of fused-ring (bicyclic) bond motifs is 1. The number of nitrogens with zero attached hydrogens (tertiary/aromatic N) is 4. The fraction of sp³-hybridized carbons (Fsp3) is 0.250. The lowest BCUT2D eigenvalue weighted by atomic mass is 10.2. The lowest BCUT2D eigenvalue weighted by Crippen LogP contribution is -2.11. The number of nitrogens with one attached hydrogen (secondary N) is 1. The quantitative estimate of drug-likeness (QED) is 0.769. The number of rotatable bonds is 4. The van der Waals surface area contributed by atoms with Crippen molar-refractivity contribution in [1.82, 2.24) is 24.7 Å². The van der Waals surface area contributed by atoms with Crippen molar-refractivity contribution in [2.24, 2.45) is 0 Å². The first kappa shape index (κ1) is 12.8. The van der Waals surface area contributed by atoms with Crippen molar-refractivity contribution in [3.63, 3.8) is 0 Å². The summed E-state index contributed by atoms with van der Waals surface area (Å²) in [6.07, 6.45) is 6.24. The van der Waals surface area contributed by atoms with E-state index in [1.54, 1.807) is 17.1 Å². The molecule has 0 aliphatic carbocycles. The van der Waals surface area contributed by atoms with Crippen molar-refractivity contribution < 1.29 is 8.42 Å². The van der Waals surface area contributed by atoms with E-state index in [9.17, 15) is 8.42 Å². The summed E-state index contributed by atoms with van der Waals surface area (Å²) in [5, 5.41) is 5.25. The van der Waals surface area contributed by atoms with E-state index in [-0.39, 0.29) is 5.75 Å². The Morgan fingerprint density at radius 3 is 2.95 bits per heavy atom. The molecule has 104 valence electrons. The molecular formula is C12H13N5O2S. The van der Waals surface area contributed by atoms with Crippen LogP contribution in [-0.4, -0.2) is 45.2 Å². The molecule has 0 fully saturated rings. The molecule has 0 saturated carbocycles. The van der Waals surface area contributed by atoms with Gasteiger partial charge in [0.25, 0.3) is 0 Å². The largest absolute Gasteiger partial charge is 0.346 e. The van der Waals surface area contributed by atoms with Crippen LogP contribution in [0.3, 0.4) is 0 Å². The predicted molar refractivity (Wildman–Crippen MR) is 74.8 cm³/mol. The molecule has 0 aliphatic heterocycles. The average Bonchev–Trinajstić information content (AvgIpc) is 3.04. The molecule has 0 amide bonds. The van der Waals surface area contributed by atoms with E-state index in [1.165, 1.54) is 12.6 Å². The zero-order chi connectivity index (χ0) is 14.2. The summed E-state index contributed by atoms with van der Waals surface area (Å²) in [4.78, 5) is 11.4. The third-order valence-electron chi connectivity index (χ3n) is 2.93. The molecule has 0 bridgehead atoms. The second kappa shape index (κ2) is 4.71. The zero-order valence-electron chi connectivity index (χ0n) is 10.8. The van der Waals surface area contributed by atoms with E-state index in [2.05, 4.69) is 20.1 Å². The van der Waals surface area contributed by atoms with E-state index >= 15 is 0 Å². The van der Waals surface area contributed by atoms with E-state index in [0.29, 0.717) is 12.2 Å². The minimum Gasteiger partial charge on any atom is -0.346 e. The van der Waals surface area contributed by atoms with Crippen molar-refractivity contribution in [3.05, 3.63) is 30.9 Å². The van der Waals surface area contributed by atoms with E-state index < -0.39 is 9.84 Å². The highest BCUT2D eigenvalue weighted by molar-refractivity contribution is 7.90. The molecule has 1 N–H and O–H groups in total. The topological polar surface area (TPSA) is 93.5 Å². The van der Waals surface area contributed by atoms with Crippen molar-refractivity contribution in [2.75, 3.05) is 12.0 Å². The number of hydrogen-bond donors (Lipinski definition) is 1. The van der Waals surface area contributed by atoms with Gasteiger partial charge in [-0.05, 0) is 12.1 Å². The Hall–Kier alpha value is -2.22. The Labute approximate surface area is 115 Å². The predicted octanol–water partition coefficient (Wildman–Crippen LogP) is 0.866. The van der Waals surface area contributed by atoms with Gasteiger partial charge >= 0.3 is 0 Å². The van der Waals surface area contributed by atoms with Gasteiger partial charge in [-0.2, -0.15) is 5.10 Å². The van der Waals surface area contributed by atoms with Crippen LogP contribution in [0, 0.1) is 0 Å². The summed E-state index contributed by atoms with van der Waals surface area (Å²) >= 11 is 0. The van der Waals surface area contributed by atoms with Crippen LogP contribution in [0.15, 0.2) is 30.9 Å². The number of H-pyrrole nitrogens is 1. The molecule has 0 spiro atoms. The van der Waals surface area contributed by atoms with Gasteiger partial charge in [-0.15, -0.1) is 0 Å². The molecular weight excluding hydrogens is 278 g/mol. The van der Waals surface area contributed by atoms with Gasteiger partial charge in [0.2, 0.25) is 0 Å². The number of sulfone groups is 1. The lowest BCUT2D eigenvalue weighted by Gasteiger charge is -2.00. The van der Waals surface area contributed by atoms with Gasteiger partial charge in [-0.3, -0.25) is 4.68 Å². The molecule has 3 heterocycles. The Morgan fingerprint density at radius 2 is 2.15 bits per heavy atom. The molecule has 3 aromatic heterocycles. The van der Waals surface area contributed by atoms with Crippen molar-refractivity contribution in [1.29, 1.82) is 0 Å². The standard InChI is InChI=1S/C12H13N5O2S/c1-20(18,19)7-6-17-5-3-10(16-17)11-9-2-4-13-12(9)15-8-14-11/h2-5,8H,6-7H2,1H3,(H,13,14,15). The molecule has 0 aromatic carbocycles. The van der Waals surface area contributed by atoms with Crippen LogP contribution in [0.1, 0.15) is 0 Å². The summed E-state index contributed by atoms with van der Waals surface area (Å²) in [5.41, 5.74) is 2.18. The Bertz CT molecular complexity index is 849. The van der Waals surface area contributed by atoms with Gasteiger partial charge in [-0.25, -0.2) is 18.4 Å². The first-order valence-electron chi connectivity index (χ1n) is 6.02. The van der Waals surface area contributed by atoms with Gasteiger partial charge in [-0.1, -0.05) is 0 Å². The Kier molecular flexibility index (Phi) is 3.01. The summed E-state index contributed by atoms with van der Waals surface area (Å²) in [7, 11) is -2.99. The Balaban J connectivity index is 1.92. The molecule has 3 rings (SSSR count). The molecule has 0 atom stereocenters. The summed E-state index contributed by atoms with van der Waals surface area (Å²) < 4.78 is 23.9. The highest BCUT2D eigenvalue weighted by Crippen LogP contribution is 2.22. The van der Waals surface area contributed by atoms with Crippen LogP contribution in [-0.2, 0) is 16.4 Å². The van der Waals surface area contributed by atoms with E-state index in [1.807, 2.05) is 12.1 Å². The van der Waals surface area contributed by atoms with Gasteiger partial charge in [0, 0.05) is 24.0 Å². The van der Waals surface area contributed by atoms with Crippen LogP contribution >= 0.6 is 0 Å². The van der Waals surface area contributed by atoms with E-state index in [0.717, 1.165) is 16.7 Å². The number of aryl methyl sites for hydroxylation is 1. The molecule has 0 unspecified atom stereocenters. The normalized spacial score (nSPS) is 12.1. The third kappa shape index (κ3) is 2.55. The number of aromatic nitrogens is 5. The van der Waals surface area contributed by atoms with Gasteiger partial charge in [0.15, 0.2) is 0 Å². The van der Waals surface area contributed by atoms with Crippen molar-refractivity contribution in [3.8, 4) is 11.4 Å². The lowest BCUT2D eigenvalue weighted by molar-refractivity contribution is 0.586. The molecule has 3 aromatic rings. The first-order chi connectivity index (χ1) is 9.53. The summed E-state index contributed by atoms with van der Waals surface area (Å²) in [6, 6.07) is 3.71. The monoisotopic (exact) mass is 291 g/mol. The Morgan fingerprint density at radius 1 is 1.30 bits per heavy atom. The first-order valence-corrected chi connectivity index (χ1v) is 8.09. The maximum atomic E-state index is 11.2. The molecule has 20 heavy (non-hydrogen) atoms. The van der Waals surface area contributed by atoms with Crippen LogP contribution < -0.4 is 0 Å². The van der Waals surface area contributed by atoms with Crippen LogP contribution in [0.4, 0.5) is 0 Å². The van der Waals surface area contributed by atoms with Crippen LogP contribution in [0.25, 0.3) is 22.4 Å². The fourth-order valence-corrected chi connectivity index (χ4v) is 2.47. The minimum atomic E-state index is -2.99. The molecule has 0 aliphatic rings. The number of aromatic amines is 1. The fourth-order valence-electron chi connectivity index (χ4n) is 1.95. The smallest absolute Gasteiger partial charge is 0.149 e. The second-order valence-corrected chi connectivity index (χ2v) is 6.82. The van der Waals surface area contributed by atoms with E-state index in [4.69, 9.17) is 0 Å². The van der Waals surface area contributed by atoms with Gasteiger partial charge in [0.05, 0.1) is 12.3 Å². The third-order valence-corrected chi connectivity index (χ3v) is 3.85. The summed E-state index contributed by atoms with van der Waals surface area (Å²) in [6.45, 7) is 0.334. The van der Waals surface area contributed by atoms with Crippen molar-refractivity contribution in [2.45, 2.75) is 6.54 Å². The molecule has 7 nitrogen and oxygen atoms in total. The maximum absolute atomic E-state index is 11.2. The molecule has 0 radical (unpaired) electrons. The second-order valence-electron chi connectivity index (χ2n) is 4.56. The van der Waals surface area contributed by atoms with Crippen LogP contribution in [0.2, 0.25) is 0 Å². The highest BCUT2D eigenvalue weighted by Gasteiger charge is 2.10. The molecule has 0 saturated heterocycles. The van der Waals surface area contributed by atoms with Crippen molar-refractivity contribution >= 4 is 20.9 Å². The average molecular weight is 291 g/mol. The minimum absolute atomic E-state index is 0.0669. The SMILES string of the molecule is CS(=O)(=O)CCn1ccc(-c2ncnc3[nH]ccc23)n1. The van der Waals surface area contributed by atoms with Gasteiger partial charge in [0.1, 0.15) is 33.2 Å². The highest BCUT2D eigenvalue weighted by atomic mass is 32.2. The summed E-state index contributed by atoms with van der Waals surface area (Å²) in [5.74, 6) is 0.0669.